The van der Waals surface area contributed by atoms with Gasteiger partial charge in [-0.05, 0) is 19.3 Å². The molecule has 0 amide bonds. The van der Waals surface area contributed by atoms with Crippen LogP contribution >= 0.6 is 11.3 Å². The molecule has 20 heavy (non-hydrogen) atoms. The van der Waals surface area contributed by atoms with Crippen molar-refractivity contribution in [2.24, 2.45) is 0 Å². The van der Waals surface area contributed by atoms with Gasteiger partial charge >= 0.3 is 0 Å². The minimum absolute atomic E-state index is 0.0457. The second kappa shape index (κ2) is 6.08. The third kappa shape index (κ3) is 4.00. The third-order valence-corrected chi connectivity index (χ3v) is 7.91. The largest absolute Gasteiger partial charge is 0.245 e. The lowest BCUT2D eigenvalue weighted by atomic mass is 10.3. The minimum Gasteiger partial charge on any atom is -0.245 e. The molecule has 0 radical (unpaired) electrons. The molecule has 0 aromatic carbocycles. The maximum absolute atomic E-state index is 12.0. The fourth-order valence-corrected chi connectivity index (χ4v) is 7.00. The molecule has 2 heterocycles. The molecule has 1 aromatic rings. The van der Waals surface area contributed by atoms with Gasteiger partial charge in [0.05, 0.1) is 34.0 Å². The first-order chi connectivity index (χ1) is 9.32. The lowest BCUT2D eigenvalue weighted by Crippen LogP contribution is -2.34. The van der Waals surface area contributed by atoms with Crippen LogP contribution in [-0.4, -0.2) is 38.6 Å². The van der Waals surface area contributed by atoms with E-state index in [2.05, 4.69) is 16.6 Å². The van der Waals surface area contributed by atoms with Crippen molar-refractivity contribution in [2.75, 3.05) is 11.5 Å². The third-order valence-electron chi connectivity index (χ3n) is 3.15. The van der Waals surface area contributed by atoms with Gasteiger partial charge in [-0.2, -0.15) is 0 Å². The number of rotatable bonds is 6. The maximum atomic E-state index is 12.0. The Labute approximate surface area is 123 Å². The van der Waals surface area contributed by atoms with E-state index in [1.807, 2.05) is 5.38 Å². The Morgan fingerprint density at radius 2 is 2.25 bits per heavy atom. The van der Waals surface area contributed by atoms with E-state index >= 15 is 0 Å². The zero-order chi connectivity index (χ0) is 14.8. The molecule has 9 heteroatoms. The molecule has 0 aliphatic carbocycles. The van der Waals surface area contributed by atoms with E-state index in [0.29, 0.717) is 5.69 Å². The molecule has 1 unspecified atom stereocenters. The minimum atomic E-state index is -3.60. The molecule has 6 nitrogen and oxygen atoms in total. The van der Waals surface area contributed by atoms with Crippen LogP contribution in [0.1, 0.15) is 30.5 Å². The highest BCUT2D eigenvalue weighted by Crippen LogP contribution is 2.19. The summed E-state index contributed by atoms with van der Waals surface area (Å²) in [5.74, 6) is -0.323. The number of thiazole rings is 1. The Bertz CT molecular complexity index is 664. The zero-order valence-electron chi connectivity index (χ0n) is 11.2. The van der Waals surface area contributed by atoms with E-state index < -0.39 is 25.1 Å². The molecule has 0 spiro atoms. The van der Waals surface area contributed by atoms with E-state index in [1.54, 1.807) is 0 Å². The summed E-state index contributed by atoms with van der Waals surface area (Å²) in [5.41, 5.74) is 0.683. The first-order valence-corrected chi connectivity index (χ1v) is 10.7. The topological polar surface area (TPSA) is 93.2 Å². The molecule has 1 fully saturated rings. The number of sulfonamides is 1. The summed E-state index contributed by atoms with van der Waals surface area (Å²) in [5, 5.41) is 1.99. The number of sulfone groups is 1. The van der Waals surface area contributed by atoms with Gasteiger partial charge in [-0.1, -0.05) is 6.92 Å². The Kier molecular flexibility index (Phi) is 4.83. The highest BCUT2D eigenvalue weighted by Gasteiger charge is 2.36. The number of hydrogen-bond donors (Lipinski definition) is 1. The van der Waals surface area contributed by atoms with Crippen LogP contribution in [0, 0.1) is 0 Å². The first-order valence-electron chi connectivity index (χ1n) is 6.44. The molecule has 114 valence electrons. The molecule has 1 saturated heterocycles. The van der Waals surface area contributed by atoms with E-state index in [9.17, 15) is 16.8 Å². The lowest BCUT2D eigenvalue weighted by molar-refractivity contribution is 0.567. The van der Waals surface area contributed by atoms with Crippen LogP contribution in [0.4, 0.5) is 0 Å². The smallest absolute Gasteiger partial charge is 0.215 e. The summed E-state index contributed by atoms with van der Waals surface area (Å²) in [4.78, 5) is 4.33. The molecule has 1 aromatic heterocycles. The molecule has 1 atom stereocenters. The molecule has 1 aliphatic heterocycles. The molecule has 0 bridgehead atoms. The molecule has 2 rings (SSSR count). The molecule has 0 saturated carbocycles. The van der Waals surface area contributed by atoms with Gasteiger partial charge in [-0.25, -0.2) is 26.5 Å². The van der Waals surface area contributed by atoms with Crippen molar-refractivity contribution in [3.05, 3.63) is 16.1 Å². The van der Waals surface area contributed by atoms with Crippen molar-refractivity contribution < 1.29 is 16.8 Å². The summed E-state index contributed by atoms with van der Waals surface area (Å²) in [6.07, 6.45) is 2.06. The number of nitrogens with one attached hydrogen (secondary N) is 1. The van der Waals surface area contributed by atoms with Gasteiger partial charge in [0.2, 0.25) is 10.0 Å². The normalized spacial score (nSPS) is 22.1. The molecule has 1 aliphatic rings. The van der Waals surface area contributed by atoms with Crippen molar-refractivity contribution in [1.82, 2.24) is 9.71 Å². The first kappa shape index (κ1) is 15.9. The summed E-state index contributed by atoms with van der Waals surface area (Å²) < 4.78 is 49.2. The fourth-order valence-electron chi connectivity index (χ4n) is 2.06. The highest BCUT2D eigenvalue weighted by atomic mass is 32.2. The van der Waals surface area contributed by atoms with Crippen LogP contribution < -0.4 is 4.72 Å². The van der Waals surface area contributed by atoms with Gasteiger partial charge in [-0.15, -0.1) is 11.3 Å². The predicted molar refractivity (Wildman–Crippen MR) is 78.9 cm³/mol. The lowest BCUT2D eigenvalue weighted by Gasteiger charge is -2.10. The van der Waals surface area contributed by atoms with Gasteiger partial charge < -0.3 is 0 Å². The van der Waals surface area contributed by atoms with Gasteiger partial charge in [0.1, 0.15) is 0 Å². The second-order valence-electron chi connectivity index (χ2n) is 4.87. The van der Waals surface area contributed by atoms with E-state index in [1.165, 1.54) is 11.3 Å². The SMILES string of the molecule is CCCc1nc(CNS(=O)(=O)C2CCS(=O)(=O)C2)cs1. The number of hydrogen-bond acceptors (Lipinski definition) is 6. The molecular weight excluding hydrogens is 320 g/mol. The van der Waals surface area contributed by atoms with Crippen LogP contribution in [0.25, 0.3) is 0 Å². The highest BCUT2D eigenvalue weighted by molar-refractivity contribution is 7.95. The Balaban J connectivity index is 1.95. The van der Waals surface area contributed by atoms with Gasteiger partial charge in [0.15, 0.2) is 9.84 Å². The van der Waals surface area contributed by atoms with Gasteiger partial charge in [0, 0.05) is 5.38 Å². The van der Waals surface area contributed by atoms with Gasteiger partial charge in [0.25, 0.3) is 0 Å². The van der Waals surface area contributed by atoms with E-state index in [-0.39, 0.29) is 24.5 Å². The summed E-state index contributed by atoms with van der Waals surface area (Å²) >= 11 is 1.51. The van der Waals surface area contributed by atoms with Crippen LogP contribution in [0.2, 0.25) is 0 Å². The fraction of sp³-hybridized carbons (Fsp3) is 0.727. The molecular formula is C11H18N2O4S3. The standard InChI is InChI=1S/C11H18N2O4S3/c1-2-3-11-13-9(7-18-11)6-12-20(16,17)10-4-5-19(14,15)8-10/h7,10,12H,2-6,8H2,1H3. The maximum Gasteiger partial charge on any atom is 0.215 e. The summed E-state index contributed by atoms with van der Waals surface area (Å²) in [6, 6.07) is 0. The Morgan fingerprint density at radius 1 is 1.50 bits per heavy atom. The van der Waals surface area contributed by atoms with Crippen LogP contribution in [0.15, 0.2) is 5.38 Å². The number of nitrogens with zero attached hydrogens (tertiary/aromatic N) is 1. The van der Waals surface area contributed by atoms with Crippen LogP contribution in [-0.2, 0) is 32.8 Å². The van der Waals surface area contributed by atoms with Crippen LogP contribution in [0.3, 0.4) is 0 Å². The predicted octanol–water partition coefficient (Wildman–Crippen LogP) is 0.702. The Morgan fingerprint density at radius 3 is 2.85 bits per heavy atom. The average Bonchev–Trinajstić information content (AvgIpc) is 2.94. The van der Waals surface area contributed by atoms with E-state index in [4.69, 9.17) is 0 Å². The van der Waals surface area contributed by atoms with Crippen molar-refractivity contribution >= 4 is 31.2 Å². The number of aromatic nitrogens is 1. The quantitative estimate of drug-likeness (QED) is 0.824. The Hall–Kier alpha value is -0.510. The van der Waals surface area contributed by atoms with Crippen LogP contribution in [0.5, 0.6) is 0 Å². The summed E-state index contributed by atoms with van der Waals surface area (Å²) in [6.45, 7) is 2.18. The van der Waals surface area contributed by atoms with Crippen molar-refractivity contribution in [1.29, 1.82) is 0 Å². The van der Waals surface area contributed by atoms with Crippen molar-refractivity contribution in [3.8, 4) is 0 Å². The van der Waals surface area contributed by atoms with E-state index in [0.717, 1.165) is 17.8 Å². The second-order valence-corrected chi connectivity index (χ2v) is 10.1. The van der Waals surface area contributed by atoms with Gasteiger partial charge in [-0.3, -0.25) is 0 Å². The molecule has 1 N–H and O–H groups in total. The average molecular weight is 338 g/mol. The van der Waals surface area contributed by atoms with Crippen molar-refractivity contribution in [2.45, 2.75) is 38.0 Å². The number of aryl methyl sites for hydroxylation is 1. The summed E-state index contributed by atoms with van der Waals surface area (Å²) in [7, 11) is -6.79. The van der Waals surface area contributed by atoms with Crippen molar-refractivity contribution in [3.63, 3.8) is 0 Å². The monoisotopic (exact) mass is 338 g/mol. The zero-order valence-corrected chi connectivity index (χ0v) is 13.7.